The lowest BCUT2D eigenvalue weighted by Gasteiger charge is -2.26. The summed E-state index contributed by atoms with van der Waals surface area (Å²) in [5, 5.41) is 4.28. The Hall–Kier alpha value is -1.29. The number of hydrogen-bond donors (Lipinski definition) is 0. The summed E-state index contributed by atoms with van der Waals surface area (Å²) in [5.74, 6) is 0.828. The minimum absolute atomic E-state index is 0.260. The van der Waals surface area contributed by atoms with Gasteiger partial charge in [0.05, 0.1) is 12.3 Å². The van der Waals surface area contributed by atoms with Crippen LogP contribution in [0.25, 0.3) is 5.65 Å². The van der Waals surface area contributed by atoms with Crippen molar-refractivity contribution in [3.05, 3.63) is 23.6 Å². The fourth-order valence-corrected chi connectivity index (χ4v) is 1.76. The zero-order valence-corrected chi connectivity index (χ0v) is 8.81. The smallest absolute Gasteiger partial charge is 0.243 e. The fraction of sp³-hybridized carbons (Fsp3) is 0.400. The molecule has 0 saturated heterocycles. The molecule has 4 nitrogen and oxygen atoms in total. The summed E-state index contributed by atoms with van der Waals surface area (Å²) in [6.45, 7) is 0. The van der Waals surface area contributed by atoms with Gasteiger partial charge in [-0.1, -0.05) is 0 Å². The van der Waals surface area contributed by atoms with Crippen molar-refractivity contribution in [3.63, 3.8) is 0 Å². The first-order valence-corrected chi connectivity index (χ1v) is 5.38. The maximum absolute atomic E-state index is 5.74. The van der Waals surface area contributed by atoms with Gasteiger partial charge in [-0.15, -0.1) is 5.10 Å². The average molecular weight is 224 g/mol. The van der Waals surface area contributed by atoms with Gasteiger partial charge in [0, 0.05) is 0 Å². The lowest BCUT2D eigenvalue weighted by Crippen LogP contribution is -2.24. The molecule has 0 bridgehead atoms. The lowest BCUT2D eigenvalue weighted by atomic mass is 9.96. The molecule has 0 N–H and O–H groups in total. The number of nitrogens with zero attached hydrogens (tertiary/aromatic N) is 3. The van der Waals surface area contributed by atoms with Crippen LogP contribution < -0.4 is 4.74 Å². The molecule has 5 heteroatoms. The molecule has 0 radical (unpaired) electrons. The van der Waals surface area contributed by atoms with Crippen molar-refractivity contribution in [2.45, 2.75) is 25.4 Å². The number of ether oxygens (including phenoxy) is 1. The third-order valence-electron chi connectivity index (χ3n) is 2.63. The maximum Gasteiger partial charge on any atom is 0.243 e. The highest BCUT2D eigenvalue weighted by molar-refractivity contribution is 6.28. The molecular formula is C10H10ClN3O. The molecule has 1 fully saturated rings. The molecule has 1 aliphatic rings. The zero-order chi connectivity index (χ0) is 10.3. The second-order valence-corrected chi connectivity index (χ2v) is 4.06. The first kappa shape index (κ1) is 8.97. The Morgan fingerprint density at radius 3 is 3.00 bits per heavy atom. The highest BCUT2D eigenvalue weighted by atomic mass is 35.5. The second-order valence-electron chi connectivity index (χ2n) is 3.72. The van der Waals surface area contributed by atoms with E-state index in [1.54, 1.807) is 4.52 Å². The van der Waals surface area contributed by atoms with Crippen molar-refractivity contribution in [1.29, 1.82) is 0 Å². The Labute approximate surface area is 91.8 Å². The molecule has 0 aliphatic heterocycles. The maximum atomic E-state index is 5.74. The molecular weight excluding hydrogens is 214 g/mol. The Balaban J connectivity index is 1.90. The topological polar surface area (TPSA) is 39.4 Å². The highest BCUT2D eigenvalue weighted by Gasteiger charge is 2.19. The SMILES string of the molecule is Clc1nc2ccc(OC3CCC3)cn2n1. The van der Waals surface area contributed by atoms with E-state index in [2.05, 4.69) is 10.1 Å². The van der Waals surface area contributed by atoms with Gasteiger partial charge in [0.25, 0.3) is 0 Å². The predicted octanol–water partition coefficient (Wildman–Crippen LogP) is 2.31. The van der Waals surface area contributed by atoms with E-state index in [4.69, 9.17) is 16.3 Å². The van der Waals surface area contributed by atoms with Gasteiger partial charge < -0.3 is 4.74 Å². The molecule has 0 amide bonds. The second kappa shape index (κ2) is 3.38. The van der Waals surface area contributed by atoms with Crippen molar-refractivity contribution < 1.29 is 4.74 Å². The zero-order valence-electron chi connectivity index (χ0n) is 8.06. The van der Waals surface area contributed by atoms with Gasteiger partial charge in [-0.3, -0.25) is 0 Å². The minimum atomic E-state index is 0.260. The molecule has 0 atom stereocenters. The van der Waals surface area contributed by atoms with Crippen LogP contribution in [0.3, 0.4) is 0 Å². The van der Waals surface area contributed by atoms with Crippen LogP contribution in [0.2, 0.25) is 5.28 Å². The number of pyridine rings is 1. The summed E-state index contributed by atoms with van der Waals surface area (Å²) in [5.41, 5.74) is 0.737. The quantitative estimate of drug-likeness (QED) is 0.785. The molecule has 0 unspecified atom stereocenters. The first-order chi connectivity index (χ1) is 7.31. The average Bonchev–Trinajstić information content (AvgIpc) is 2.50. The van der Waals surface area contributed by atoms with Gasteiger partial charge in [-0.05, 0) is 43.0 Å². The molecule has 3 rings (SSSR count). The third kappa shape index (κ3) is 1.65. The van der Waals surface area contributed by atoms with E-state index in [-0.39, 0.29) is 5.28 Å². The van der Waals surface area contributed by atoms with Crippen molar-refractivity contribution >= 4 is 17.2 Å². The summed E-state index contributed by atoms with van der Waals surface area (Å²) >= 11 is 5.70. The van der Waals surface area contributed by atoms with Crippen LogP contribution in [0.4, 0.5) is 0 Å². The standard InChI is InChI=1S/C10H10ClN3O/c11-10-12-9-5-4-8(6-14(9)13-10)15-7-2-1-3-7/h4-7H,1-3H2. The summed E-state index contributed by atoms with van der Waals surface area (Å²) in [6.07, 6.45) is 5.75. The summed E-state index contributed by atoms with van der Waals surface area (Å²) in [4.78, 5) is 4.03. The van der Waals surface area contributed by atoms with E-state index >= 15 is 0 Å². The van der Waals surface area contributed by atoms with Crippen LogP contribution in [0.1, 0.15) is 19.3 Å². The monoisotopic (exact) mass is 223 g/mol. The van der Waals surface area contributed by atoms with Crippen LogP contribution in [0.5, 0.6) is 5.75 Å². The number of rotatable bonds is 2. The van der Waals surface area contributed by atoms with Crippen molar-refractivity contribution in [3.8, 4) is 5.75 Å². The Morgan fingerprint density at radius 2 is 2.27 bits per heavy atom. The molecule has 2 aromatic rings. The van der Waals surface area contributed by atoms with Gasteiger partial charge in [0.15, 0.2) is 5.65 Å². The first-order valence-electron chi connectivity index (χ1n) is 5.00. The summed E-state index contributed by atoms with van der Waals surface area (Å²) < 4.78 is 7.37. The number of aromatic nitrogens is 3. The van der Waals surface area contributed by atoms with Crippen molar-refractivity contribution in [2.24, 2.45) is 0 Å². The summed E-state index contributed by atoms with van der Waals surface area (Å²) in [7, 11) is 0. The van der Waals surface area contributed by atoms with Crippen molar-refractivity contribution in [2.75, 3.05) is 0 Å². The fourth-order valence-electron chi connectivity index (χ4n) is 1.59. The van der Waals surface area contributed by atoms with E-state index in [1.807, 2.05) is 18.3 Å². The Morgan fingerprint density at radius 1 is 1.40 bits per heavy atom. The normalized spacial score (nSPS) is 16.6. The Bertz CT molecular complexity index is 492. The van der Waals surface area contributed by atoms with Gasteiger partial charge in [0.2, 0.25) is 5.28 Å². The molecule has 78 valence electrons. The number of fused-ring (bicyclic) bond motifs is 1. The van der Waals surface area contributed by atoms with Gasteiger partial charge in [0.1, 0.15) is 5.75 Å². The van der Waals surface area contributed by atoms with E-state index in [9.17, 15) is 0 Å². The molecule has 1 saturated carbocycles. The molecule has 2 heterocycles. The minimum Gasteiger partial charge on any atom is -0.489 e. The highest BCUT2D eigenvalue weighted by Crippen LogP contribution is 2.25. The van der Waals surface area contributed by atoms with Crippen molar-refractivity contribution in [1.82, 2.24) is 14.6 Å². The van der Waals surface area contributed by atoms with E-state index in [0.29, 0.717) is 6.10 Å². The van der Waals surface area contributed by atoms with Crippen LogP contribution in [-0.2, 0) is 0 Å². The lowest BCUT2D eigenvalue weighted by molar-refractivity contribution is 0.119. The van der Waals surface area contributed by atoms with Gasteiger partial charge in [-0.2, -0.15) is 4.98 Å². The van der Waals surface area contributed by atoms with Crippen LogP contribution in [0.15, 0.2) is 18.3 Å². The molecule has 2 aromatic heterocycles. The molecule has 1 aliphatic carbocycles. The van der Waals surface area contributed by atoms with Crippen LogP contribution in [-0.4, -0.2) is 20.7 Å². The van der Waals surface area contributed by atoms with E-state index in [1.165, 1.54) is 6.42 Å². The largest absolute Gasteiger partial charge is 0.489 e. The van der Waals surface area contributed by atoms with E-state index in [0.717, 1.165) is 24.2 Å². The van der Waals surface area contributed by atoms with Crippen LogP contribution in [0, 0.1) is 0 Å². The summed E-state index contributed by atoms with van der Waals surface area (Å²) in [6, 6.07) is 3.76. The molecule has 0 aromatic carbocycles. The molecule has 0 spiro atoms. The van der Waals surface area contributed by atoms with Gasteiger partial charge >= 0.3 is 0 Å². The van der Waals surface area contributed by atoms with Gasteiger partial charge in [-0.25, -0.2) is 4.52 Å². The molecule has 15 heavy (non-hydrogen) atoms. The number of halogens is 1. The third-order valence-corrected chi connectivity index (χ3v) is 2.79. The predicted molar refractivity (Wildman–Crippen MR) is 56.3 cm³/mol. The Kier molecular flexibility index (Phi) is 2.02. The number of hydrogen-bond acceptors (Lipinski definition) is 3. The van der Waals surface area contributed by atoms with E-state index < -0.39 is 0 Å². The van der Waals surface area contributed by atoms with Crippen LogP contribution >= 0.6 is 11.6 Å².